The third-order valence-electron chi connectivity index (χ3n) is 5.10. The number of carbonyl (C=O) groups excluding carboxylic acids is 1. The first kappa shape index (κ1) is 17.9. The van der Waals surface area contributed by atoms with Crippen molar-refractivity contribution in [1.29, 1.82) is 0 Å². The molecule has 1 N–H and O–H groups in total. The van der Waals surface area contributed by atoms with Crippen molar-refractivity contribution in [3.05, 3.63) is 58.5 Å². The van der Waals surface area contributed by atoms with E-state index < -0.39 is 0 Å². The van der Waals surface area contributed by atoms with Gasteiger partial charge in [-0.25, -0.2) is 9.37 Å². The van der Waals surface area contributed by atoms with Crippen molar-refractivity contribution in [2.45, 2.75) is 32.2 Å². The molecular weight excluding hydrogens is 345 g/mol. The number of halogens is 1. The van der Waals surface area contributed by atoms with Crippen LogP contribution in [0.5, 0.6) is 0 Å². The summed E-state index contributed by atoms with van der Waals surface area (Å²) < 4.78 is 18.8. The van der Waals surface area contributed by atoms with E-state index in [4.69, 9.17) is 9.72 Å². The minimum absolute atomic E-state index is 0.139. The van der Waals surface area contributed by atoms with Crippen LogP contribution in [-0.2, 0) is 11.3 Å². The topological polar surface area (TPSA) is 54.5 Å². The summed E-state index contributed by atoms with van der Waals surface area (Å²) in [4.78, 5) is 20.0. The normalized spacial score (nSPS) is 17.0. The number of morpholine rings is 1. The molecule has 2 fully saturated rings. The van der Waals surface area contributed by atoms with Gasteiger partial charge in [0.1, 0.15) is 11.6 Å². The molecule has 1 aromatic carbocycles. The lowest BCUT2D eigenvalue weighted by atomic mass is 10.0. The number of carbonyl (C=O) groups is 1. The first-order chi connectivity index (χ1) is 13.1. The molecule has 0 bridgehead atoms. The highest BCUT2D eigenvalue weighted by Crippen LogP contribution is 2.42. The van der Waals surface area contributed by atoms with Crippen LogP contribution in [0, 0.1) is 12.7 Å². The van der Waals surface area contributed by atoms with Crippen molar-refractivity contribution in [2.75, 3.05) is 31.2 Å². The maximum absolute atomic E-state index is 13.3. The van der Waals surface area contributed by atoms with Gasteiger partial charge in [-0.15, -0.1) is 0 Å². The van der Waals surface area contributed by atoms with Crippen LogP contribution >= 0.6 is 0 Å². The van der Waals surface area contributed by atoms with Gasteiger partial charge in [-0.05, 0) is 49.1 Å². The SMILES string of the molecule is Cc1cc(N2CCOCC2)nc(C2CC2)c1C(=O)NCc1cccc(F)c1. The molecule has 4 rings (SSSR count). The number of nitrogens with zero attached hydrogens (tertiary/aromatic N) is 2. The summed E-state index contributed by atoms with van der Waals surface area (Å²) in [6.45, 7) is 5.31. The molecule has 5 nitrogen and oxygen atoms in total. The van der Waals surface area contributed by atoms with Gasteiger partial charge >= 0.3 is 0 Å². The number of nitrogens with one attached hydrogen (secondary N) is 1. The molecule has 1 amide bonds. The number of hydrogen-bond donors (Lipinski definition) is 1. The first-order valence-electron chi connectivity index (χ1n) is 9.48. The Balaban J connectivity index is 1.56. The Morgan fingerprint density at radius 1 is 1.30 bits per heavy atom. The highest BCUT2D eigenvalue weighted by molar-refractivity contribution is 5.97. The standard InChI is InChI=1S/C21H24FN3O2/c1-14-11-18(25-7-9-27-10-8-25)24-20(16-5-6-16)19(14)21(26)23-13-15-3-2-4-17(22)12-15/h2-4,11-12,16H,5-10,13H2,1H3,(H,23,26). The molecule has 1 saturated carbocycles. The number of amides is 1. The Hall–Kier alpha value is -2.47. The zero-order chi connectivity index (χ0) is 18.8. The third kappa shape index (κ3) is 4.11. The molecular formula is C21H24FN3O2. The van der Waals surface area contributed by atoms with Gasteiger partial charge in [0.05, 0.1) is 24.5 Å². The van der Waals surface area contributed by atoms with Crippen molar-refractivity contribution >= 4 is 11.7 Å². The van der Waals surface area contributed by atoms with Crippen LogP contribution in [0.25, 0.3) is 0 Å². The minimum Gasteiger partial charge on any atom is -0.378 e. The number of aryl methyl sites for hydroxylation is 1. The third-order valence-corrected chi connectivity index (χ3v) is 5.10. The number of anilines is 1. The monoisotopic (exact) mass is 369 g/mol. The molecule has 0 radical (unpaired) electrons. The number of ether oxygens (including phenoxy) is 1. The average molecular weight is 369 g/mol. The number of rotatable bonds is 5. The Morgan fingerprint density at radius 2 is 2.07 bits per heavy atom. The highest BCUT2D eigenvalue weighted by atomic mass is 19.1. The van der Waals surface area contributed by atoms with Crippen molar-refractivity contribution in [3.63, 3.8) is 0 Å². The Labute approximate surface area is 158 Å². The summed E-state index contributed by atoms with van der Waals surface area (Å²) in [5, 5.41) is 2.93. The molecule has 27 heavy (non-hydrogen) atoms. The van der Waals surface area contributed by atoms with E-state index >= 15 is 0 Å². The first-order valence-corrected chi connectivity index (χ1v) is 9.48. The quantitative estimate of drug-likeness (QED) is 0.880. The lowest BCUT2D eigenvalue weighted by Gasteiger charge is -2.29. The molecule has 2 aliphatic rings. The van der Waals surface area contributed by atoms with Crippen LogP contribution < -0.4 is 10.2 Å². The maximum atomic E-state index is 13.3. The van der Waals surface area contributed by atoms with Gasteiger partial charge in [0.25, 0.3) is 5.91 Å². The van der Waals surface area contributed by atoms with E-state index in [2.05, 4.69) is 10.2 Å². The molecule has 0 unspecified atom stereocenters. The average Bonchev–Trinajstić information content (AvgIpc) is 3.51. The van der Waals surface area contributed by atoms with Crippen LogP contribution in [0.4, 0.5) is 10.2 Å². The molecule has 0 atom stereocenters. The molecule has 0 spiro atoms. The molecule has 142 valence electrons. The zero-order valence-corrected chi connectivity index (χ0v) is 15.5. The smallest absolute Gasteiger partial charge is 0.253 e. The van der Waals surface area contributed by atoms with E-state index in [1.807, 2.05) is 13.0 Å². The Bertz CT molecular complexity index is 845. The van der Waals surface area contributed by atoms with Crippen LogP contribution in [0.1, 0.15) is 45.9 Å². The second-order valence-corrected chi connectivity index (χ2v) is 7.24. The van der Waals surface area contributed by atoms with Gasteiger partial charge in [0, 0.05) is 25.6 Å². The summed E-state index contributed by atoms with van der Waals surface area (Å²) in [7, 11) is 0. The molecule has 2 heterocycles. The largest absolute Gasteiger partial charge is 0.378 e. The highest BCUT2D eigenvalue weighted by Gasteiger charge is 2.32. The van der Waals surface area contributed by atoms with Crippen molar-refractivity contribution in [1.82, 2.24) is 10.3 Å². The molecule has 1 aliphatic carbocycles. The Morgan fingerprint density at radius 3 is 2.78 bits per heavy atom. The van der Waals surface area contributed by atoms with E-state index in [0.29, 0.717) is 31.2 Å². The van der Waals surface area contributed by atoms with Crippen molar-refractivity contribution in [2.24, 2.45) is 0 Å². The van der Waals surface area contributed by atoms with Crippen LogP contribution in [0.3, 0.4) is 0 Å². The predicted molar refractivity (Wildman–Crippen MR) is 102 cm³/mol. The lowest BCUT2D eigenvalue weighted by molar-refractivity contribution is 0.0948. The number of hydrogen-bond acceptors (Lipinski definition) is 4. The fourth-order valence-electron chi connectivity index (χ4n) is 3.50. The fourth-order valence-corrected chi connectivity index (χ4v) is 3.50. The lowest BCUT2D eigenvalue weighted by Crippen LogP contribution is -2.37. The zero-order valence-electron chi connectivity index (χ0n) is 15.5. The van der Waals surface area contributed by atoms with Crippen LogP contribution in [0.15, 0.2) is 30.3 Å². The van der Waals surface area contributed by atoms with Crippen LogP contribution in [0.2, 0.25) is 0 Å². The molecule has 6 heteroatoms. The van der Waals surface area contributed by atoms with Gasteiger partial charge in [-0.2, -0.15) is 0 Å². The van der Waals surface area contributed by atoms with E-state index in [1.54, 1.807) is 12.1 Å². The predicted octanol–water partition coefficient (Wildman–Crippen LogP) is 3.17. The molecule has 1 aromatic heterocycles. The fraction of sp³-hybridized carbons (Fsp3) is 0.429. The number of pyridine rings is 1. The summed E-state index contributed by atoms with van der Waals surface area (Å²) >= 11 is 0. The van der Waals surface area contributed by atoms with Gasteiger partial charge in [0.15, 0.2) is 0 Å². The molecule has 1 saturated heterocycles. The maximum Gasteiger partial charge on any atom is 0.253 e. The number of benzene rings is 1. The Kier molecular flexibility index (Phi) is 5.07. The summed E-state index contributed by atoms with van der Waals surface area (Å²) in [5.41, 5.74) is 3.25. The van der Waals surface area contributed by atoms with Crippen molar-refractivity contribution < 1.29 is 13.9 Å². The summed E-state index contributed by atoms with van der Waals surface area (Å²) in [6, 6.07) is 8.28. The van der Waals surface area contributed by atoms with Crippen LogP contribution in [-0.4, -0.2) is 37.2 Å². The minimum atomic E-state index is -0.298. The molecule has 2 aromatic rings. The second kappa shape index (κ2) is 7.64. The summed E-state index contributed by atoms with van der Waals surface area (Å²) in [5.74, 6) is 0.854. The van der Waals surface area contributed by atoms with Crippen molar-refractivity contribution in [3.8, 4) is 0 Å². The van der Waals surface area contributed by atoms with Gasteiger partial charge in [0.2, 0.25) is 0 Å². The van der Waals surface area contributed by atoms with E-state index in [9.17, 15) is 9.18 Å². The van der Waals surface area contributed by atoms with E-state index in [-0.39, 0.29) is 11.7 Å². The van der Waals surface area contributed by atoms with Gasteiger partial charge < -0.3 is 15.0 Å². The number of aromatic nitrogens is 1. The van der Waals surface area contributed by atoms with E-state index in [1.165, 1.54) is 12.1 Å². The van der Waals surface area contributed by atoms with Gasteiger partial charge in [-0.3, -0.25) is 4.79 Å². The van der Waals surface area contributed by atoms with Gasteiger partial charge in [-0.1, -0.05) is 12.1 Å². The van der Waals surface area contributed by atoms with E-state index in [0.717, 1.165) is 48.6 Å². The molecule has 1 aliphatic heterocycles. The summed E-state index contributed by atoms with van der Waals surface area (Å²) in [6.07, 6.45) is 2.15. The second-order valence-electron chi connectivity index (χ2n) is 7.24.